The molecule has 2 heterocycles. The Morgan fingerprint density at radius 2 is 1.83 bits per heavy atom. The molecule has 0 saturated carbocycles. The lowest BCUT2D eigenvalue weighted by molar-refractivity contribution is 0.0950. The number of carbonyl (C=O) groups excluding carboxylic acids is 2. The highest BCUT2D eigenvalue weighted by Gasteiger charge is 2.19. The minimum Gasteiger partial charge on any atom is -0.489 e. The van der Waals surface area contributed by atoms with Crippen molar-refractivity contribution in [1.29, 1.82) is 0 Å². The van der Waals surface area contributed by atoms with Crippen molar-refractivity contribution in [2.75, 3.05) is 31.6 Å². The molecule has 3 amide bonds. The summed E-state index contributed by atoms with van der Waals surface area (Å²) in [7, 11) is 0. The van der Waals surface area contributed by atoms with Gasteiger partial charge in [0.15, 0.2) is 11.5 Å². The minimum absolute atomic E-state index is 0.0875. The Labute approximate surface area is 180 Å². The van der Waals surface area contributed by atoms with Gasteiger partial charge in [-0.05, 0) is 42.7 Å². The van der Waals surface area contributed by atoms with Crippen LogP contribution in [0.15, 0.2) is 36.4 Å². The van der Waals surface area contributed by atoms with Crippen LogP contribution in [0.1, 0.15) is 35.2 Å². The maximum Gasteiger partial charge on any atom is 0.321 e. The SMILES string of the molecule is O=C(NCc1cccc(NC(=O)N2CCCC2)c1)c1cc(Cl)c2c(c1)OCCCO2. The average molecular weight is 430 g/mol. The number of hydrogen-bond donors (Lipinski definition) is 2. The fraction of sp³-hybridized carbons (Fsp3) is 0.364. The number of nitrogens with zero attached hydrogens (tertiary/aromatic N) is 1. The Bertz CT molecular complexity index is 944. The van der Waals surface area contributed by atoms with Crippen molar-refractivity contribution in [3.05, 3.63) is 52.5 Å². The number of carbonyl (C=O) groups is 2. The van der Waals surface area contributed by atoms with E-state index in [0.29, 0.717) is 47.5 Å². The topological polar surface area (TPSA) is 79.9 Å². The van der Waals surface area contributed by atoms with E-state index in [4.69, 9.17) is 21.1 Å². The van der Waals surface area contributed by atoms with Gasteiger partial charge in [-0.15, -0.1) is 0 Å². The molecule has 0 aromatic heterocycles. The van der Waals surface area contributed by atoms with Crippen molar-refractivity contribution in [1.82, 2.24) is 10.2 Å². The van der Waals surface area contributed by atoms with Crippen LogP contribution in [0, 0.1) is 0 Å². The first kappa shape index (κ1) is 20.3. The summed E-state index contributed by atoms with van der Waals surface area (Å²) in [6.45, 7) is 2.95. The van der Waals surface area contributed by atoms with Gasteiger partial charge in [0.05, 0.1) is 18.2 Å². The van der Waals surface area contributed by atoms with Gasteiger partial charge < -0.3 is 25.0 Å². The number of halogens is 1. The smallest absolute Gasteiger partial charge is 0.321 e. The van der Waals surface area contributed by atoms with Crippen LogP contribution in [-0.4, -0.2) is 43.1 Å². The number of urea groups is 1. The molecule has 2 aliphatic heterocycles. The predicted octanol–water partition coefficient (Wildman–Crippen LogP) is 4.06. The molecule has 158 valence electrons. The van der Waals surface area contributed by atoms with Gasteiger partial charge >= 0.3 is 6.03 Å². The first-order valence-corrected chi connectivity index (χ1v) is 10.5. The Morgan fingerprint density at radius 1 is 1.03 bits per heavy atom. The molecule has 2 N–H and O–H groups in total. The Kier molecular flexibility index (Phi) is 6.28. The second kappa shape index (κ2) is 9.26. The monoisotopic (exact) mass is 429 g/mol. The molecular weight excluding hydrogens is 406 g/mol. The zero-order valence-corrected chi connectivity index (χ0v) is 17.3. The van der Waals surface area contributed by atoms with E-state index in [2.05, 4.69) is 10.6 Å². The molecule has 2 aliphatic rings. The second-order valence-electron chi connectivity index (χ2n) is 7.34. The number of nitrogens with one attached hydrogen (secondary N) is 2. The number of amides is 3. The molecule has 2 aromatic rings. The Hall–Kier alpha value is -2.93. The highest BCUT2D eigenvalue weighted by Crippen LogP contribution is 2.38. The minimum atomic E-state index is -0.265. The van der Waals surface area contributed by atoms with Gasteiger partial charge in [0, 0.05) is 37.3 Å². The van der Waals surface area contributed by atoms with Gasteiger partial charge in [0.1, 0.15) is 0 Å². The molecule has 0 radical (unpaired) electrons. The summed E-state index contributed by atoms with van der Waals surface area (Å²) in [5.41, 5.74) is 1.99. The van der Waals surface area contributed by atoms with E-state index in [1.54, 1.807) is 12.1 Å². The van der Waals surface area contributed by atoms with E-state index in [0.717, 1.165) is 37.9 Å². The third kappa shape index (κ3) is 4.79. The van der Waals surface area contributed by atoms with Gasteiger partial charge in [-0.1, -0.05) is 23.7 Å². The third-order valence-corrected chi connectivity index (χ3v) is 5.37. The van der Waals surface area contributed by atoms with Crippen molar-refractivity contribution < 1.29 is 19.1 Å². The molecule has 30 heavy (non-hydrogen) atoms. The first-order chi connectivity index (χ1) is 14.6. The summed E-state index contributed by atoms with van der Waals surface area (Å²) in [4.78, 5) is 26.7. The summed E-state index contributed by atoms with van der Waals surface area (Å²) in [6, 6.07) is 10.6. The third-order valence-electron chi connectivity index (χ3n) is 5.09. The second-order valence-corrected chi connectivity index (χ2v) is 7.75. The normalized spacial score (nSPS) is 15.4. The highest BCUT2D eigenvalue weighted by atomic mass is 35.5. The van der Waals surface area contributed by atoms with Crippen LogP contribution in [0.4, 0.5) is 10.5 Å². The molecule has 0 spiro atoms. The molecule has 1 fully saturated rings. The fourth-order valence-corrected chi connectivity index (χ4v) is 3.79. The van der Waals surface area contributed by atoms with Crippen LogP contribution in [-0.2, 0) is 6.54 Å². The fourth-order valence-electron chi connectivity index (χ4n) is 3.53. The molecule has 1 saturated heterocycles. The largest absolute Gasteiger partial charge is 0.489 e. The van der Waals surface area contributed by atoms with Gasteiger partial charge in [0.2, 0.25) is 0 Å². The maximum atomic E-state index is 12.6. The van der Waals surface area contributed by atoms with E-state index < -0.39 is 0 Å². The molecule has 0 atom stereocenters. The number of ether oxygens (including phenoxy) is 2. The number of likely N-dealkylation sites (tertiary alicyclic amines) is 1. The van der Waals surface area contributed by atoms with Crippen LogP contribution in [0.25, 0.3) is 0 Å². The van der Waals surface area contributed by atoms with Crippen molar-refractivity contribution in [3.63, 3.8) is 0 Å². The van der Waals surface area contributed by atoms with Crippen LogP contribution >= 0.6 is 11.6 Å². The van der Waals surface area contributed by atoms with Gasteiger partial charge in [-0.2, -0.15) is 0 Å². The van der Waals surface area contributed by atoms with Crippen molar-refractivity contribution in [3.8, 4) is 11.5 Å². The van der Waals surface area contributed by atoms with E-state index in [-0.39, 0.29) is 11.9 Å². The quantitative estimate of drug-likeness (QED) is 0.768. The Morgan fingerprint density at radius 3 is 2.67 bits per heavy atom. The summed E-state index contributed by atoms with van der Waals surface area (Å²) < 4.78 is 11.2. The van der Waals surface area contributed by atoms with Gasteiger partial charge in [-0.3, -0.25) is 4.79 Å². The standard InChI is InChI=1S/C22H24ClN3O4/c23-18-12-16(13-19-20(18)30-10-4-9-29-19)21(27)24-14-15-5-3-6-17(11-15)25-22(28)26-7-1-2-8-26/h3,5-6,11-13H,1-2,4,7-10,14H2,(H,24,27)(H,25,28). The van der Waals surface area contributed by atoms with Gasteiger partial charge in [0.25, 0.3) is 5.91 Å². The maximum absolute atomic E-state index is 12.6. The average Bonchev–Trinajstić information content (AvgIpc) is 3.18. The lowest BCUT2D eigenvalue weighted by Crippen LogP contribution is -2.32. The molecule has 7 nitrogen and oxygen atoms in total. The van der Waals surface area contributed by atoms with Gasteiger partial charge in [-0.25, -0.2) is 4.79 Å². The number of rotatable bonds is 4. The van der Waals surface area contributed by atoms with Crippen LogP contribution in [0.5, 0.6) is 11.5 Å². The molecule has 0 unspecified atom stereocenters. The van der Waals surface area contributed by atoms with E-state index in [1.807, 2.05) is 29.2 Å². The van der Waals surface area contributed by atoms with E-state index in [1.165, 1.54) is 0 Å². The Balaban J connectivity index is 1.39. The molecule has 0 aliphatic carbocycles. The summed E-state index contributed by atoms with van der Waals surface area (Å²) in [5.74, 6) is 0.697. The van der Waals surface area contributed by atoms with Crippen LogP contribution in [0.2, 0.25) is 5.02 Å². The van der Waals surface area contributed by atoms with Crippen LogP contribution in [0.3, 0.4) is 0 Å². The number of anilines is 1. The van der Waals surface area contributed by atoms with Crippen molar-refractivity contribution in [2.24, 2.45) is 0 Å². The zero-order chi connectivity index (χ0) is 20.9. The highest BCUT2D eigenvalue weighted by molar-refractivity contribution is 6.32. The summed E-state index contributed by atoms with van der Waals surface area (Å²) in [6.07, 6.45) is 2.85. The molecule has 2 aromatic carbocycles. The molecule has 4 rings (SSSR count). The number of hydrogen-bond acceptors (Lipinski definition) is 4. The lowest BCUT2D eigenvalue weighted by Gasteiger charge is -2.16. The summed E-state index contributed by atoms with van der Waals surface area (Å²) in [5, 5.41) is 6.15. The lowest BCUT2D eigenvalue weighted by atomic mass is 10.1. The molecule has 0 bridgehead atoms. The van der Waals surface area contributed by atoms with Crippen molar-refractivity contribution in [2.45, 2.75) is 25.8 Å². The van der Waals surface area contributed by atoms with Crippen molar-refractivity contribution >= 4 is 29.2 Å². The summed E-state index contributed by atoms with van der Waals surface area (Å²) >= 11 is 6.27. The molecule has 8 heteroatoms. The zero-order valence-electron chi connectivity index (χ0n) is 16.6. The first-order valence-electron chi connectivity index (χ1n) is 10.1. The number of fused-ring (bicyclic) bond motifs is 1. The number of benzene rings is 2. The molecular formula is C22H24ClN3O4. The van der Waals surface area contributed by atoms with Crippen LogP contribution < -0.4 is 20.1 Å². The van der Waals surface area contributed by atoms with E-state index >= 15 is 0 Å². The predicted molar refractivity (Wildman–Crippen MR) is 114 cm³/mol. The van der Waals surface area contributed by atoms with E-state index in [9.17, 15) is 9.59 Å².